The fourth-order valence-corrected chi connectivity index (χ4v) is 5.77. The third-order valence-electron chi connectivity index (χ3n) is 7.28. The molecular formula is C29H28Cl2N4O4. The largest absolute Gasteiger partial charge is 0.480 e. The number of halogens is 2. The van der Waals surface area contributed by atoms with Gasteiger partial charge in [0.2, 0.25) is 0 Å². The average molecular weight is 567 g/mol. The fourth-order valence-electron chi connectivity index (χ4n) is 5.13. The number of urea groups is 1. The molecule has 0 aromatic heterocycles. The topological polar surface area (TPSA) is 111 Å². The Bertz CT molecular complexity index is 1370. The Kier molecular flexibility index (Phi) is 7.95. The maximum Gasteiger partial charge on any atom is 0.328 e. The van der Waals surface area contributed by atoms with Crippen LogP contribution in [0.15, 0.2) is 66.7 Å². The number of anilines is 1. The quantitative estimate of drug-likeness (QED) is 0.314. The van der Waals surface area contributed by atoms with Crippen molar-refractivity contribution in [2.45, 2.75) is 30.8 Å². The number of carboxylic acids is 1. The number of fused-ring (bicyclic) bond motifs is 1. The highest BCUT2D eigenvalue weighted by Gasteiger charge is 2.30. The first-order valence-electron chi connectivity index (χ1n) is 12.7. The van der Waals surface area contributed by atoms with E-state index in [9.17, 15) is 19.5 Å². The van der Waals surface area contributed by atoms with Crippen molar-refractivity contribution in [2.24, 2.45) is 0 Å². The zero-order valence-corrected chi connectivity index (χ0v) is 22.5. The van der Waals surface area contributed by atoms with Gasteiger partial charge in [0.05, 0.1) is 28.2 Å². The molecule has 1 fully saturated rings. The van der Waals surface area contributed by atoms with Crippen molar-refractivity contribution in [1.29, 1.82) is 0 Å². The molecule has 1 saturated heterocycles. The fraction of sp³-hybridized carbons (Fsp3) is 0.276. The number of rotatable bonds is 8. The van der Waals surface area contributed by atoms with Gasteiger partial charge < -0.3 is 26.0 Å². The van der Waals surface area contributed by atoms with Crippen molar-refractivity contribution >= 4 is 46.8 Å². The molecule has 3 aromatic rings. The summed E-state index contributed by atoms with van der Waals surface area (Å²) < 4.78 is 0. The molecule has 0 bridgehead atoms. The van der Waals surface area contributed by atoms with Gasteiger partial charge in [-0.15, -0.1) is 0 Å². The number of nitrogens with zero attached hydrogens (tertiary/aromatic N) is 1. The maximum atomic E-state index is 13.0. The molecule has 3 aromatic carbocycles. The maximum absolute atomic E-state index is 13.0. The third-order valence-corrected chi connectivity index (χ3v) is 7.88. The van der Waals surface area contributed by atoms with Gasteiger partial charge in [-0.25, -0.2) is 9.59 Å². The molecule has 4 N–H and O–H groups in total. The van der Waals surface area contributed by atoms with Gasteiger partial charge in [-0.3, -0.25) is 4.79 Å². The standard InChI is InChI=1S/C29H28Cl2N4O4/c30-22-12-20(35-15-19(16-35)17-6-2-1-3-7-17)13-23(31)26(22)27(36)33-25(28(37)38)14-32-29(39)34-24-11-10-18-8-4-5-9-21(18)24/h1-9,12-13,19,24-25H,10-11,14-16H2,(H,33,36)(H,37,38)(H2,32,34,39)/t24-,25+/m1/s1. The van der Waals surface area contributed by atoms with Gasteiger partial charge in [-0.2, -0.15) is 0 Å². The number of hydrogen-bond acceptors (Lipinski definition) is 4. The number of benzene rings is 3. The minimum Gasteiger partial charge on any atom is -0.480 e. The van der Waals surface area contributed by atoms with Crippen LogP contribution < -0.4 is 20.9 Å². The van der Waals surface area contributed by atoms with Crippen LogP contribution in [0.4, 0.5) is 10.5 Å². The molecule has 1 aliphatic heterocycles. The smallest absolute Gasteiger partial charge is 0.328 e. The van der Waals surface area contributed by atoms with E-state index in [0.29, 0.717) is 5.92 Å². The normalized spacial score (nSPS) is 17.1. The van der Waals surface area contributed by atoms with Crippen LogP contribution in [0.5, 0.6) is 0 Å². The second-order valence-corrected chi connectivity index (χ2v) is 10.6. The minimum atomic E-state index is -1.38. The van der Waals surface area contributed by atoms with E-state index in [4.69, 9.17) is 23.2 Å². The van der Waals surface area contributed by atoms with Crippen molar-refractivity contribution < 1.29 is 19.5 Å². The molecular weight excluding hydrogens is 539 g/mol. The van der Waals surface area contributed by atoms with E-state index in [1.165, 1.54) is 11.1 Å². The lowest BCUT2D eigenvalue weighted by Crippen LogP contribution is -2.50. The summed E-state index contributed by atoms with van der Waals surface area (Å²) >= 11 is 12.9. The molecule has 0 spiro atoms. The molecule has 2 atom stereocenters. The predicted octanol–water partition coefficient (Wildman–Crippen LogP) is 4.77. The van der Waals surface area contributed by atoms with Crippen LogP contribution in [0.2, 0.25) is 10.0 Å². The molecule has 39 heavy (non-hydrogen) atoms. The summed E-state index contributed by atoms with van der Waals surface area (Å²) in [4.78, 5) is 39.4. The summed E-state index contributed by atoms with van der Waals surface area (Å²) in [6.07, 6.45) is 1.63. The molecule has 202 valence electrons. The Labute approximate surface area is 236 Å². The Morgan fingerprint density at radius 2 is 1.64 bits per heavy atom. The molecule has 0 unspecified atom stereocenters. The number of carbonyl (C=O) groups is 3. The first-order valence-corrected chi connectivity index (χ1v) is 13.5. The second kappa shape index (κ2) is 11.6. The first-order chi connectivity index (χ1) is 18.8. The van der Waals surface area contributed by atoms with Crippen molar-refractivity contribution in [3.05, 3.63) is 99.0 Å². The monoisotopic (exact) mass is 566 g/mol. The number of nitrogens with one attached hydrogen (secondary N) is 3. The lowest BCUT2D eigenvalue weighted by atomic mass is 9.91. The number of aryl methyl sites for hydroxylation is 1. The second-order valence-electron chi connectivity index (χ2n) is 9.81. The van der Waals surface area contributed by atoms with Gasteiger partial charge in [0.15, 0.2) is 0 Å². The Morgan fingerprint density at radius 3 is 2.33 bits per heavy atom. The van der Waals surface area contributed by atoms with Crippen molar-refractivity contribution in [3.63, 3.8) is 0 Å². The number of amides is 3. The van der Waals surface area contributed by atoms with Gasteiger partial charge in [0, 0.05) is 24.7 Å². The third kappa shape index (κ3) is 5.97. The van der Waals surface area contributed by atoms with Crippen molar-refractivity contribution in [3.8, 4) is 0 Å². The van der Waals surface area contributed by atoms with E-state index in [1.807, 2.05) is 42.5 Å². The van der Waals surface area contributed by atoms with Gasteiger partial charge in [-0.1, -0.05) is 77.8 Å². The Hall–Kier alpha value is -3.75. The predicted molar refractivity (Wildman–Crippen MR) is 151 cm³/mol. The van der Waals surface area contributed by atoms with Crippen LogP contribution in [-0.2, 0) is 11.2 Å². The lowest BCUT2D eigenvalue weighted by Gasteiger charge is -2.41. The summed E-state index contributed by atoms with van der Waals surface area (Å²) in [5.74, 6) is -1.64. The summed E-state index contributed by atoms with van der Waals surface area (Å²) in [7, 11) is 0. The molecule has 1 aliphatic carbocycles. The van der Waals surface area contributed by atoms with E-state index in [0.717, 1.165) is 37.2 Å². The number of hydrogen-bond donors (Lipinski definition) is 4. The Morgan fingerprint density at radius 1 is 0.974 bits per heavy atom. The zero-order chi connectivity index (χ0) is 27.5. The molecule has 10 heteroatoms. The molecule has 5 rings (SSSR count). The Balaban J connectivity index is 1.17. The van der Waals surface area contributed by atoms with Gasteiger partial charge in [0.1, 0.15) is 6.04 Å². The molecule has 3 amide bonds. The molecule has 1 heterocycles. The van der Waals surface area contributed by atoms with Crippen LogP contribution in [-0.4, -0.2) is 48.7 Å². The zero-order valence-electron chi connectivity index (χ0n) is 21.0. The molecule has 2 aliphatic rings. The summed E-state index contributed by atoms with van der Waals surface area (Å²) in [6, 6.07) is 19.3. The molecule has 0 saturated carbocycles. The van der Waals surface area contributed by atoms with E-state index in [1.54, 1.807) is 12.1 Å². The number of carbonyl (C=O) groups excluding carboxylic acids is 2. The minimum absolute atomic E-state index is 0.0134. The summed E-state index contributed by atoms with van der Waals surface area (Å²) in [5, 5.41) is 17.7. The van der Waals surface area contributed by atoms with Crippen LogP contribution in [0.3, 0.4) is 0 Å². The SMILES string of the molecule is O=C(NC[C@H](NC(=O)c1c(Cl)cc(N2CC(c3ccccc3)C2)cc1Cl)C(=O)O)N[C@@H]1CCc2ccccc21. The van der Waals surface area contributed by atoms with E-state index >= 15 is 0 Å². The summed E-state index contributed by atoms with van der Waals surface area (Å²) in [5.41, 5.74) is 4.27. The highest BCUT2D eigenvalue weighted by atomic mass is 35.5. The van der Waals surface area contributed by atoms with Crippen LogP contribution in [0.25, 0.3) is 0 Å². The molecule has 8 nitrogen and oxygen atoms in total. The number of carboxylic acid groups (broad SMARTS) is 1. The van der Waals surface area contributed by atoms with E-state index < -0.39 is 23.9 Å². The highest BCUT2D eigenvalue weighted by molar-refractivity contribution is 6.40. The first kappa shape index (κ1) is 26.8. The van der Waals surface area contributed by atoms with Crippen LogP contribution >= 0.6 is 23.2 Å². The van der Waals surface area contributed by atoms with Crippen LogP contribution in [0, 0.1) is 0 Å². The van der Waals surface area contributed by atoms with Crippen LogP contribution in [0.1, 0.15) is 45.4 Å². The average Bonchev–Trinajstić information content (AvgIpc) is 3.28. The highest BCUT2D eigenvalue weighted by Crippen LogP contribution is 2.36. The van der Waals surface area contributed by atoms with Gasteiger partial charge >= 0.3 is 12.0 Å². The molecule has 0 radical (unpaired) electrons. The van der Waals surface area contributed by atoms with Gasteiger partial charge in [0.25, 0.3) is 5.91 Å². The van der Waals surface area contributed by atoms with E-state index in [2.05, 4.69) is 33.0 Å². The number of aliphatic carboxylic acids is 1. The van der Waals surface area contributed by atoms with Gasteiger partial charge in [-0.05, 0) is 41.7 Å². The summed E-state index contributed by atoms with van der Waals surface area (Å²) in [6.45, 7) is 1.27. The van der Waals surface area contributed by atoms with Crippen molar-refractivity contribution in [1.82, 2.24) is 16.0 Å². The lowest BCUT2D eigenvalue weighted by molar-refractivity contribution is -0.139. The van der Waals surface area contributed by atoms with E-state index in [-0.39, 0.29) is 28.2 Å². The van der Waals surface area contributed by atoms with Crippen molar-refractivity contribution in [2.75, 3.05) is 24.5 Å².